The maximum atomic E-state index is 5.84. The Balaban J connectivity index is 1.81. The van der Waals surface area contributed by atoms with Crippen LogP contribution in [0.4, 0.5) is 5.82 Å². The topological polar surface area (TPSA) is 69.1 Å². The maximum absolute atomic E-state index is 5.84. The van der Waals surface area contributed by atoms with Crippen molar-refractivity contribution in [2.45, 2.75) is 38.0 Å². The highest BCUT2D eigenvalue weighted by Crippen LogP contribution is 2.53. The van der Waals surface area contributed by atoms with E-state index >= 15 is 0 Å². The first kappa shape index (κ1) is 10.3. The van der Waals surface area contributed by atoms with Crippen molar-refractivity contribution in [1.29, 1.82) is 0 Å². The zero-order valence-electron chi connectivity index (χ0n) is 10.3. The molecule has 94 valence electrons. The van der Waals surface area contributed by atoms with Gasteiger partial charge in [-0.05, 0) is 31.1 Å². The van der Waals surface area contributed by atoms with Crippen molar-refractivity contribution in [1.82, 2.24) is 19.6 Å². The Hall–Kier alpha value is -1.65. The van der Waals surface area contributed by atoms with Gasteiger partial charge in [0.15, 0.2) is 5.82 Å². The molecule has 0 spiro atoms. The summed E-state index contributed by atoms with van der Waals surface area (Å²) < 4.78 is 2.04. The first-order valence-corrected chi connectivity index (χ1v) is 6.79. The van der Waals surface area contributed by atoms with Gasteiger partial charge in [0.05, 0.1) is 0 Å². The van der Waals surface area contributed by atoms with E-state index in [0.29, 0.717) is 17.4 Å². The predicted molar refractivity (Wildman–Crippen MR) is 68.0 cm³/mol. The summed E-state index contributed by atoms with van der Waals surface area (Å²) in [6.07, 6.45) is 10.5. The molecule has 5 nitrogen and oxygen atoms in total. The first-order valence-electron chi connectivity index (χ1n) is 6.79. The van der Waals surface area contributed by atoms with Crippen molar-refractivity contribution in [2.75, 3.05) is 5.73 Å². The molecule has 2 unspecified atom stereocenters. The van der Waals surface area contributed by atoms with Crippen LogP contribution in [0.15, 0.2) is 12.4 Å². The van der Waals surface area contributed by atoms with Crippen LogP contribution >= 0.6 is 0 Å². The Kier molecular flexibility index (Phi) is 2.10. The summed E-state index contributed by atoms with van der Waals surface area (Å²) >= 11 is 0. The minimum absolute atomic E-state index is 0.471. The lowest BCUT2D eigenvalue weighted by atomic mass is 9.63. The van der Waals surface area contributed by atoms with Crippen LogP contribution in [0.1, 0.15) is 43.8 Å². The highest BCUT2D eigenvalue weighted by atomic mass is 15.3. The van der Waals surface area contributed by atoms with Crippen molar-refractivity contribution >= 4 is 11.5 Å². The molecule has 18 heavy (non-hydrogen) atoms. The standard InChI is InChI=1S/C13H17N5/c14-11-13-17-16-12(18(13)6-5-15-11)10-8-3-1-2-4-9(10)7-8/h5-6,8-10H,1-4,7H2,(H2,14,15). The Morgan fingerprint density at radius 3 is 2.72 bits per heavy atom. The van der Waals surface area contributed by atoms with E-state index in [9.17, 15) is 0 Å². The van der Waals surface area contributed by atoms with E-state index in [1.165, 1.54) is 32.1 Å². The molecule has 0 amide bonds. The van der Waals surface area contributed by atoms with Crippen LogP contribution < -0.4 is 5.73 Å². The fourth-order valence-electron chi connectivity index (χ4n) is 3.79. The van der Waals surface area contributed by atoms with Crippen LogP contribution in [0.25, 0.3) is 5.65 Å². The van der Waals surface area contributed by atoms with Crippen molar-refractivity contribution in [2.24, 2.45) is 11.8 Å². The predicted octanol–water partition coefficient (Wildman–Crippen LogP) is 2.00. The monoisotopic (exact) mass is 243 g/mol. The largest absolute Gasteiger partial charge is 0.381 e. The Bertz CT molecular complexity index is 574. The van der Waals surface area contributed by atoms with Crippen LogP contribution in [0.2, 0.25) is 0 Å². The van der Waals surface area contributed by atoms with Gasteiger partial charge < -0.3 is 5.73 Å². The lowest BCUT2D eigenvalue weighted by Crippen LogP contribution is -2.34. The second-order valence-electron chi connectivity index (χ2n) is 5.63. The molecule has 2 aliphatic rings. The number of rotatable bonds is 1. The van der Waals surface area contributed by atoms with Crippen LogP contribution in [0.5, 0.6) is 0 Å². The van der Waals surface area contributed by atoms with E-state index in [4.69, 9.17) is 5.73 Å². The second-order valence-corrected chi connectivity index (χ2v) is 5.63. The number of nitrogens with zero attached hydrogens (tertiary/aromatic N) is 4. The van der Waals surface area contributed by atoms with Gasteiger partial charge in [-0.15, -0.1) is 10.2 Å². The zero-order chi connectivity index (χ0) is 12.1. The number of fused-ring (bicyclic) bond motifs is 3. The summed E-state index contributed by atoms with van der Waals surface area (Å²) in [4.78, 5) is 4.07. The summed E-state index contributed by atoms with van der Waals surface area (Å²) in [5.41, 5.74) is 6.55. The molecule has 4 rings (SSSR count). The average Bonchev–Trinajstić information content (AvgIpc) is 2.55. The van der Waals surface area contributed by atoms with Crippen LogP contribution in [-0.2, 0) is 0 Å². The van der Waals surface area contributed by atoms with Gasteiger partial charge in [-0.25, -0.2) is 4.98 Å². The van der Waals surface area contributed by atoms with E-state index in [1.807, 2.05) is 10.6 Å². The van der Waals surface area contributed by atoms with Crippen molar-refractivity contribution in [3.63, 3.8) is 0 Å². The van der Waals surface area contributed by atoms with Gasteiger partial charge in [-0.3, -0.25) is 4.40 Å². The molecule has 0 aliphatic heterocycles. The van der Waals surface area contributed by atoms with Crippen molar-refractivity contribution < 1.29 is 0 Å². The Labute approximate surface area is 105 Å². The molecule has 0 radical (unpaired) electrons. The number of nitrogens with two attached hydrogens (primary N) is 1. The number of nitrogen functional groups attached to an aromatic ring is 1. The number of aromatic nitrogens is 4. The summed E-state index contributed by atoms with van der Waals surface area (Å²) in [5.74, 6) is 3.77. The fourth-order valence-corrected chi connectivity index (χ4v) is 3.79. The molecule has 0 saturated heterocycles. The molecular weight excluding hydrogens is 226 g/mol. The smallest absolute Gasteiger partial charge is 0.203 e. The quantitative estimate of drug-likeness (QED) is 0.831. The first-order chi connectivity index (χ1) is 8.84. The van der Waals surface area contributed by atoms with Gasteiger partial charge in [-0.1, -0.05) is 12.8 Å². The molecule has 2 aromatic heterocycles. The number of hydrogen-bond donors (Lipinski definition) is 1. The Morgan fingerprint density at radius 1 is 1.17 bits per heavy atom. The lowest BCUT2D eigenvalue weighted by molar-refractivity contribution is 0.137. The highest BCUT2D eigenvalue weighted by molar-refractivity contribution is 5.58. The van der Waals surface area contributed by atoms with E-state index in [0.717, 1.165) is 17.7 Å². The van der Waals surface area contributed by atoms with Crippen LogP contribution in [-0.4, -0.2) is 19.6 Å². The molecule has 2 aliphatic carbocycles. The van der Waals surface area contributed by atoms with E-state index < -0.39 is 0 Å². The highest BCUT2D eigenvalue weighted by Gasteiger charge is 2.45. The summed E-state index contributed by atoms with van der Waals surface area (Å²) in [5, 5.41) is 8.60. The minimum Gasteiger partial charge on any atom is -0.381 e. The summed E-state index contributed by atoms with van der Waals surface area (Å²) in [6.45, 7) is 0. The number of anilines is 1. The molecule has 2 atom stereocenters. The third-order valence-electron chi connectivity index (χ3n) is 4.70. The van der Waals surface area contributed by atoms with Crippen LogP contribution in [0, 0.1) is 11.8 Å². The molecule has 2 N–H and O–H groups in total. The van der Waals surface area contributed by atoms with E-state index in [-0.39, 0.29) is 0 Å². The normalized spacial score (nSPS) is 31.0. The summed E-state index contributed by atoms with van der Waals surface area (Å²) in [7, 11) is 0. The van der Waals surface area contributed by atoms with Crippen molar-refractivity contribution in [3.05, 3.63) is 18.2 Å². The molecule has 2 saturated carbocycles. The molecule has 0 aromatic carbocycles. The van der Waals surface area contributed by atoms with E-state index in [1.54, 1.807) is 6.20 Å². The van der Waals surface area contributed by atoms with Gasteiger partial charge in [0.25, 0.3) is 0 Å². The molecule has 2 aromatic rings. The number of hydrogen-bond acceptors (Lipinski definition) is 4. The Morgan fingerprint density at radius 2 is 1.94 bits per heavy atom. The average molecular weight is 243 g/mol. The molecule has 2 bridgehead atoms. The third kappa shape index (κ3) is 1.30. The fraction of sp³-hybridized carbons (Fsp3) is 0.615. The van der Waals surface area contributed by atoms with E-state index in [2.05, 4.69) is 15.2 Å². The van der Waals surface area contributed by atoms with Gasteiger partial charge >= 0.3 is 0 Å². The second kappa shape index (κ2) is 3.67. The molecular formula is C13H17N5. The molecule has 2 heterocycles. The lowest BCUT2D eigenvalue weighted by Gasteiger charge is -2.41. The zero-order valence-corrected chi connectivity index (χ0v) is 10.3. The van der Waals surface area contributed by atoms with Gasteiger partial charge in [-0.2, -0.15) is 0 Å². The minimum atomic E-state index is 0.471. The van der Waals surface area contributed by atoms with Gasteiger partial charge in [0, 0.05) is 18.3 Å². The van der Waals surface area contributed by atoms with Gasteiger partial charge in [0.2, 0.25) is 5.65 Å². The maximum Gasteiger partial charge on any atom is 0.203 e. The summed E-state index contributed by atoms with van der Waals surface area (Å²) in [6, 6.07) is 0. The van der Waals surface area contributed by atoms with Crippen molar-refractivity contribution in [3.8, 4) is 0 Å². The third-order valence-corrected chi connectivity index (χ3v) is 4.70. The van der Waals surface area contributed by atoms with Gasteiger partial charge in [0.1, 0.15) is 5.82 Å². The molecule has 5 heteroatoms. The SMILES string of the molecule is Nc1nccn2c(C3C4CCCCC3C4)nnc12. The molecule has 2 fully saturated rings. The van der Waals surface area contributed by atoms with Crippen LogP contribution in [0.3, 0.4) is 0 Å².